The van der Waals surface area contributed by atoms with Crippen molar-refractivity contribution in [2.75, 3.05) is 26.0 Å². The van der Waals surface area contributed by atoms with Crippen LogP contribution in [0.4, 0.5) is 5.69 Å². The molecular weight excluding hydrogens is 300 g/mol. The molecule has 0 saturated carbocycles. The van der Waals surface area contributed by atoms with Crippen LogP contribution in [0.15, 0.2) is 17.0 Å². The maximum atomic E-state index is 12.6. The molecule has 1 saturated heterocycles. The Balaban J connectivity index is 2.34. The van der Waals surface area contributed by atoms with Gasteiger partial charge in [-0.2, -0.15) is 4.31 Å². The van der Waals surface area contributed by atoms with Crippen LogP contribution in [-0.4, -0.2) is 39.0 Å². The highest BCUT2D eigenvalue weighted by atomic mass is 35.5. The van der Waals surface area contributed by atoms with E-state index in [1.165, 1.54) is 16.4 Å². The van der Waals surface area contributed by atoms with Crippen LogP contribution in [0.25, 0.3) is 0 Å². The molecule has 5 nitrogen and oxygen atoms in total. The largest absolute Gasteiger partial charge is 0.398 e. The fourth-order valence-corrected chi connectivity index (χ4v) is 4.00. The minimum atomic E-state index is -3.59. The first-order chi connectivity index (χ1) is 9.34. The van der Waals surface area contributed by atoms with E-state index in [9.17, 15) is 8.42 Å². The number of hydrogen-bond acceptors (Lipinski definition) is 4. The fourth-order valence-electron chi connectivity index (χ4n) is 2.23. The van der Waals surface area contributed by atoms with Gasteiger partial charge in [0.25, 0.3) is 0 Å². The van der Waals surface area contributed by atoms with Crippen molar-refractivity contribution in [2.24, 2.45) is 0 Å². The minimum Gasteiger partial charge on any atom is -0.398 e. The number of rotatable bonds is 3. The standard InChI is InChI=1S/C13H19ClN2O3S/c1-9-12(14)7-11(8-13(9)15)20(17,18)16(2)10-3-5-19-6-4-10/h7-8,10H,3-6,15H2,1-2H3. The van der Waals surface area contributed by atoms with Crippen molar-refractivity contribution < 1.29 is 13.2 Å². The molecule has 1 aromatic carbocycles. The van der Waals surface area contributed by atoms with E-state index >= 15 is 0 Å². The highest BCUT2D eigenvalue weighted by Crippen LogP contribution is 2.29. The van der Waals surface area contributed by atoms with Gasteiger partial charge in [0, 0.05) is 37.0 Å². The molecule has 0 aromatic heterocycles. The van der Waals surface area contributed by atoms with Crippen molar-refractivity contribution in [3.63, 3.8) is 0 Å². The smallest absolute Gasteiger partial charge is 0.243 e. The summed E-state index contributed by atoms with van der Waals surface area (Å²) in [6.45, 7) is 2.93. The summed E-state index contributed by atoms with van der Waals surface area (Å²) in [5.41, 5.74) is 6.89. The molecule has 112 valence electrons. The number of hydrogen-bond donors (Lipinski definition) is 1. The van der Waals surface area contributed by atoms with Crippen molar-refractivity contribution in [1.29, 1.82) is 0 Å². The highest BCUT2D eigenvalue weighted by Gasteiger charge is 2.30. The summed E-state index contributed by atoms with van der Waals surface area (Å²) in [6, 6.07) is 2.88. The molecule has 1 aliphatic heterocycles. The predicted molar refractivity (Wildman–Crippen MR) is 79.4 cm³/mol. The zero-order valence-electron chi connectivity index (χ0n) is 11.6. The Bertz CT molecular complexity index is 575. The minimum absolute atomic E-state index is 0.0462. The number of ether oxygens (including phenoxy) is 1. The van der Waals surface area contributed by atoms with Crippen LogP contribution in [0, 0.1) is 6.92 Å². The maximum absolute atomic E-state index is 12.6. The average Bonchev–Trinajstić information content (AvgIpc) is 2.44. The molecule has 0 unspecified atom stereocenters. The lowest BCUT2D eigenvalue weighted by Gasteiger charge is -2.30. The average molecular weight is 319 g/mol. The third-order valence-corrected chi connectivity index (χ3v) is 6.02. The van der Waals surface area contributed by atoms with Crippen molar-refractivity contribution in [1.82, 2.24) is 4.31 Å². The SMILES string of the molecule is Cc1c(N)cc(S(=O)(=O)N(C)C2CCOCC2)cc1Cl. The molecule has 20 heavy (non-hydrogen) atoms. The lowest BCUT2D eigenvalue weighted by atomic mass is 10.1. The van der Waals surface area contributed by atoms with Crippen molar-refractivity contribution >= 4 is 27.3 Å². The molecular formula is C13H19ClN2O3S. The maximum Gasteiger partial charge on any atom is 0.243 e. The van der Waals surface area contributed by atoms with Gasteiger partial charge in [-0.05, 0) is 37.5 Å². The molecule has 7 heteroatoms. The summed E-state index contributed by atoms with van der Waals surface area (Å²) in [5, 5.41) is 0.365. The van der Waals surface area contributed by atoms with Crippen LogP contribution >= 0.6 is 11.6 Å². The Hall–Kier alpha value is -0.820. The number of nitrogens with zero attached hydrogens (tertiary/aromatic N) is 1. The topological polar surface area (TPSA) is 72.6 Å². The van der Waals surface area contributed by atoms with Gasteiger partial charge in [0.1, 0.15) is 0 Å². The van der Waals surface area contributed by atoms with Gasteiger partial charge in [-0.15, -0.1) is 0 Å². The molecule has 0 radical (unpaired) electrons. The molecule has 0 aliphatic carbocycles. The Morgan fingerprint density at radius 3 is 2.50 bits per heavy atom. The lowest BCUT2D eigenvalue weighted by molar-refractivity contribution is 0.0632. The summed E-state index contributed by atoms with van der Waals surface area (Å²) in [7, 11) is -1.99. The molecule has 0 bridgehead atoms. The first kappa shape index (κ1) is 15.6. The predicted octanol–water partition coefficient (Wildman–Crippen LogP) is 2.03. The third kappa shape index (κ3) is 2.93. The Morgan fingerprint density at radius 1 is 1.35 bits per heavy atom. The van der Waals surface area contributed by atoms with Crippen molar-refractivity contribution in [3.8, 4) is 0 Å². The van der Waals surface area contributed by atoms with Gasteiger partial charge >= 0.3 is 0 Å². The first-order valence-corrected chi connectivity index (χ1v) is 8.27. The molecule has 1 aliphatic rings. The summed E-state index contributed by atoms with van der Waals surface area (Å²) >= 11 is 6.03. The van der Waals surface area contributed by atoms with E-state index in [0.29, 0.717) is 42.3 Å². The number of anilines is 1. The highest BCUT2D eigenvalue weighted by molar-refractivity contribution is 7.89. The zero-order valence-corrected chi connectivity index (χ0v) is 13.2. The van der Waals surface area contributed by atoms with Gasteiger partial charge in [0.05, 0.1) is 4.90 Å². The molecule has 0 amide bonds. The van der Waals surface area contributed by atoms with Crippen molar-refractivity contribution in [3.05, 3.63) is 22.7 Å². The summed E-state index contributed by atoms with van der Waals surface area (Å²) in [5.74, 6) is 0. The second-order valence-electron chi connectivity index (χ2n) is 4.98. The van der Waals surface area contributed by atoms with E-state index in [-0.39, 0.29) is 10.9 Å². The van der Waals surface area contributed by atoms with Crippen LogP contribution in [0.5, 0.6) is 0 Å². The zero-order chi connectivity index (χ0) is 14.9. The van der Waals surface area contributed by atoms with Crippen LogP contribution in [0.1, 0.15) is 18.4 Å². The molecule has 1 aromatic rings. The van der Waals surface area contributed by atoms with Gasteiger partial charge in [-0.3, -0.25) is 0 Å². The van der Waals surface area contributed by atoms with E-state index in [4.69, 9.17) is 22.1 Å². The first-order valence-electron chi connectivity index (χ1n) is 6.45. The molecule has 1 heterocycles. The summed E-state index contributed by atoms with van der Waals surface area (Å²) in [4.78, 5) is 0.139. The summed E-state index contributed by atoms with van der Waals surface area (Å²) in [6.07, 6.45) is 1.40. The third-order valence-electron chi connectivity index (χ3n) is 3.74. The monoisotopic (exact) mass is 318 g/mol. The van der Waals surface area contributed by atoms with Crippen LogP contribution in [0.2, 0.25) is 5.02 Å². The van der Waals surface area contributed by atoms with Gasteiger partial charge in [0.15, 0.2) is 0 Å². The van der Waals surface area contributed by atoms with E-state index in [0.717, 1.165) is 0 Å². The number of benzene rings is 1. The molecule has 2 rings (SSSR count). The van der Waals surface area contributed by atoms with E-state index < -0.39 is 10.0 Å². The van der Waals surface area contributed by atoms with Gasteiger partial charge in [-0.1, -0.05) is 11.6 Å². The fraction of sp³-hybridized carbons (Fsp3) is 0.538. The normalized spacial score (nSPS) is 17.6. The molecule has 0 spiro atoms. The Labute approximate surface area is 124 Å². The molecule has 0 atom stereocenters. The van der Waals surface area contributed by atoms with Gasteiger partial charge in [-0.25, -0.2) is 8.42 Å². The molecule has 2 N–H and O–H groups in total. The van der Waals surface area contributed by atoms with E-state index in [1.54, 1.807) is 14.0 Å². The van der Waals surface area contributed by atoms with Crippen LogP contribution in [0.3, 0.4) is 0 Å². The van der Waals surface area contributed by atoms with Crippen molar-refractivity contribution in [2.45, 2.75) is 30.7 Å². The molecule has 1 fully saturated rings. The Morgan fingerprint density at radius 2 is 1.95 bits per heavy atom. The van der Waals surface area contributed by atoms with E-state index in [2.05, 4.69) is 0 Å². The van der Waals surface area contributed by atoms with Crippen LogP contribution < -0.4 is 5.73 Å². The summed E-state index contributed by atoms with van der Waals surface area (Å²) < 4.78 is 31.9. The van der Waals surface area contributed by atoms with Gasteiger partial charge in [0.2, 0.25) is 10.0 Å². The number of nitrogen functional groups attached to an aromatic ring is 1. The quantitative estimate of drug-likeness (QED) is 0.865. The second kappa shape index (κ2) is 5.89. The van der Waals surface area contributed by atoms with Crippen LogP contribution in [-0.2, 0) is 14.8 Å². The number of sulfonamides is 1. The van der Waals surface area contributed by atoms with E-state index in [1.807, 2.05) is 0 Å². The Kier molecular flexibility index (Phi) is 4.59. The number of halogens is 1. The number of nitrogens with two attached hydrogens (primary N) is 1. The second-order valence-corrected chi connectivity index (χ2v) is 7.39. The van der Waals surface area contributed by atoms with Gasteiger partial charge < -0.3 is 10.5 Å². The lowest BCUT2D eigenvalue weighted by Crippen LogP contribution is -2.40.